The van der Waals surface area contributed by atoms with Gasteiger partial charge in [0.2, 0.25) is 5.91 Å². The highest BCUT2D eigenvalue weighted by Gasteiger charge is 2.33. The number of phenols is 1. The summed E-state index contributed by atoms with van der Waals surface area (Å²) in [5.74, 6) is -0.00431. The number of nitriles is 1. The molecule has 1 N–H and O–H groups in total. The quantitative estimate of drug-likeness (QED) is 0.619. The Labute approximate surface area is 185 Å². The van der Waals surface area contributed by atoms with Crippen LogP contribution in [-0.4, -0.2) is 51.3 Å². The van der Waals surface area contributed by atoms with Crippen molar-refractivity contribution in [2.75, 3.05) is 24.7 Å². The monoisotopic (exact) mass is 433 g/mol. The first-order chi connectivity index (χ1) is 15.6. The summed E-state index contributed by atoms with van der Waals surface area (Å²) in [4.78, 5) is 20.8. The third kappa shape index (κ3) is 4.79. The number of nitrogens with zero attached hydrogens (tertiary/aromatic N) is 5. The zero-order chi connectivity index (χ0) is 22.5. The molecule has 2 heterocycles. The van der Waals surface area contributed by atoms with Crippen molar-refractivity contribution in [3.05, 3.63) is 77.9 Å². The van der Waals surface area contributed by atoms with E-state index in [-0.39, 0.29) is 24.2 Å². The number of aromatic hydroxyl groups is 1. The number of aromatic nitrogens is 2. The van der Waals surface area contributed by atoms with Crippen molar-refractivity contribution in [1.29, 1.82) is 5.26 Å². The Balaban J connectivity index is 1.49. The zero-order valence-electron chi connectivity index (χ0n) is 17.6. The molecule has 0 unspecified atom stereocenters. The van der Waals surface area contributed by atoms with Gasteiger partial charge in [-0.25, -0.2) is 4.98 Å². The molecule has 1 aliphatic heterocycles. The van der Waals surface area contributed by atoms with Crippen LogP contribution >= 0.6 is 0 Å². The summed E-state index contributed by atoms with van der Waals surface area (Å²) in [7, 11) is 0. The first kappa shape index (κ1) is 21.5. The molecule has 1 saturated heterocycles. The lowest BCUT2D eigenvalue weighted by Gasteiger charge is -2.40. The van der Waals surface area contributed by atoms with Crippen LogP contribution in [0.2, 0.25) is 0 Å². The summed E-state index contributed by atoms with van der Waals surface area (Å²) in [6, 6.07) is 15.9. The number of benzene rings is 2. The van der Waals surface area contributed by atoms with Crippen LogP contribution < -0.4 is 4.90 Å². The molecule has 0 aliphatic carbocycles. The minimum absolute atomic E-state index is 0.0893. The van der Waals surface area contributed by atoms with Crippen LogP contribution in [0.15, 0.2) is 61.1 Å². The van der Waals surface area contributed by atoms with Gasteiger partial charge >= 0.3 is 0 Å². The standard InChI is InChI=1S/C24H24FN5O2/c25-9-8-21-15-30(20-2-1-3-23(31)10-20)24(32)16-28(21)14-22-12-27-17-29(22)13-19-6-4-18(11-26)5-7-19/h1-7,10,12,17,21,31H,8-9,13-16H2/t21-/m0/s1. The van der Waals surface area contributed by atoms with Gasteiger partial charge in [-0.3, -0.25) is 14.1 Å². The number of carbonyl (C=O) groups is 1. The molecule has 2 aromatic carbocycles. The van der Waals surface area contributed by atoms with E-state index in [0.717, 1.165) is 11.3 Å². The van der Waals surface area contributed by atoms with E-state index in [1.54, 1.807) is 53.8 Å². The highest BCUT2D eigenvalue weighted by Crippen LogP contribution is 2.26. The molecule has 7 nitrogen and oxygen atoms in total. The fraction of sp³-hybridized carbons (Fsp3) is 0.292. The van der Waals surface area contributed by atoms with Gasteiger partial charge in [0.15, 0.2) is 0 Å². The number of halogens is 1. The smallest absolute Gasteiger partial charge is 0.241 e. The van der Waals surface area contributed by atoms with E-state index in [2.05, 4.69) is 11.1 Å². The van der Waals surface area contributed by atoms with Crippen molar-refractivity contribution in [3.63, 3.8) is 0 Å². The molecule has 8 heteroatoms. The lowest BCUT2D eigenvalue weighted by Crippen LogP contribution is -2.56. The number of anilines is 1. The molecule has 164 valence electrons. The highest BCUT2D eigenvalue weighted by molar-refractivity contribution is 5.95. The normalized spacial score (nSPS) is 16.8. The Morgan fingerprint density at radius 1 is 1.19 bits per heavy atom. The lowest BCUT2D eigenvalue weighted by atomic mass is 10.1. The summed E-state index contributed by atoms with van der Waals surface area (Å²) in [6.45, 7) is 1.10. The molecular formula is C24H24FN5O2. The van der Waals surface area contributed by atoms with Crippen molar-refractivity contribution in [2.24, 2.45) is 0 Å². The van der Waals surface area contributed by atoms with Crippen molar-refractivity contribution in [1.82, 2.24) is 14.5 Å². The number of carbonyl (C=O) groups excluding carboxylic acids is 1. The largest absolute Gasteiger partial charge is 0.508 e. The predicted octanol–water partition coefficient (Wildman–Crippen LogP) is 3.09. The van der Waals surface area contributed by atoms with Crippen LogP contribution in [0.5, 0.6) is 5.75 Å². The maximum Gasteiger partial charge on any atom is 0.241 e. The van der Waals surface area contributed by atoms with Crippen molar-refractivity contribution >= 4 is 11.6 Å². The van der Waals surface area contributed by atoms with E-state index in [1.807, 2.05) is 21.6 Å². The molecule has 0 bridgehead atoms. The third-order valence-corrected chi connectivity index (χ3v) is 5.73. The van der Waals surface area contributed by atoms with E-state index in [0.29, 0.717) is 37.3 Å². The molecule has 3 aromatic rings. The minimum Gasteiger partial charge on any atom is -0.508 e. The maximum atomic E-state index is 13.3. The second-order valence-electron chi connectivity index (χ2n) is 7.88. The summed E-state index contributed by atoms with van der Waals surface area (Å²) in [6.07, 6.45) is 3.82. The van der Waals surface area contributed by atoms with Crippen molar-refractivity contribution < 1.29 is 14.3 Å². The van der Waals surface area contributed by atoms with E-state index < -0.39 is 6.67 Å². The molecule has 1 fully saturated rings. The molecular weight excluding hydrogens is 409 g/mol. The zero-order valence-corrected chi connectivity index (χ0v) is 17.6. The number of phenolic OH excluding ortho intramolecular Hbond substituents is 1. The van der Waals surface area contributed by atoms with Crippen LogP contribution in [0, 0.1) is 11.3 Å². The van der Waals surface area contributed by atoms with Gasteiger partial charge < -0.3 is 14.6 Å². The van der Waals surface area contributed by atoms with Gasteiger partial charge in [0.1, 0.15) is 5.75 Å². The van der Waals surface area contributed by atoms with Gasteiger partial charge in [0, 0.05) is 43.6 Å². The van der Waals surface area contributed by atoms with Crippen molar-refractivity contribution in [3.8, 4) is 11.8 Å². The van der Waals surface area contributed by atoms with Gasteiger partial charge in [0.25, 0.3) is 0 Å². The van der Waals surface area contributed by atoms with Crippen LogP contribution in [-0.2, 0) is 17.9 Å². The van der Waals surface area contributed by atoms with Crippen LogP contribution in [0.25, 0.3) is 0 Å². The summed E-state index contributed by atoms with van der Waals surface area (Å²) in [5.41, 5.74) is 3.19. The van der Waals surface area contributed by atoms with E-state index in [9.17, 15) is 14.3 Å². The molecule has 1 amide bonds. The molecule has 1 atom stereocenters. The average molecular weight is 433 g/mol. The van der Waals surface area contributed by atoms with Crippen LogP contribution in [0.4, 0.5) is 10.1 Å². The molecule has 1 aliphatic rings. The number of piperazine rings is 1. The Morgan fingerprint density at radius 2 is 2.00 bits per heavy atom. The number of amides is 1. The Hall–Kier alpha value is -3.70. The molecule has 32 heavy (non-hydrogen) atoms. The Morgan fingerprint density at radius 3 is 2.72 bits per heavy atom. The average Bonchev–Trinajstić information content (AvgIpc) is 3.22. The van der Waals surface area contributed by atoms with Crippen LogP contribution in [0.3, 0.4) is 0 Å². The van der Waals surface area contributed by atoms with Gasteiger partial charge in [-0.15, -0.1) is 0 Å². The second-order valence-corrected chi connectivity index (χ2v) is 7.88. The molecule has 4 rings (SSSR count). The summed E-state index contributed by atoms with van der Waals surface area (Å²) >= 11 is 0. The summed E-state index contributed by atoms with van der Waals surface area (Å²) < 4.78 is 15.3. The van der Waals surface area contributed by atoms with Crippen molar-refractivity contribution in [2.45, 2.75) is 25.6 Å². The summed E-state index contributed by atoms with van der Waals surface area (Å²) in [5, 5.41) is 18.7. The molecule has 0 saturated carbocycles. The number of imidazole rings is 1. The Kier molecular flexibility index (Phi) is 6.47. The van der Waals surface area contributed by atoms with E-state index >= 15 is 0 Å². The molecule has 0 spiro atoms. The van der Waals surface area contributed by atoms with E-state index in [1.165, 1.54) is 0 Å². The number of alkyl halides is 1. The van der Waals surface area contributed by atoms with Gasteiger partial charge in [-0.05, 0) is 36.2 Å². The fourth-order valence-electron chi connectivity index (χ4n) is 4.02. The van der Waals surface area contributed by atoms with Gasteiger partial charge in [-0.1, -0.05) is 18.2 Å². The number of hydrogen-bond acceptors (Lipinski definition) is 5. The second kappa shape index (κ2) is 9.62. The lowest BCUT2D eigenvalue weighted by molar-refractivity contribution is -0.122. The maximum absolute atomic E-state index is 13.3. The van der Waals surface area contributed by atoms with E-state index in [4.69, 9.17) is 5.26 Å². The minimum atomic E-state index is -0.478. The molecule has 1 aromatic heterocycles. The number of hydrogen-bond donors (Lipinski definition) is 1. The number of rotatable bonds is 7. The predicted molar refractivity (Wildman–Crippen MR) is 118 cm³/mol. The third-order valence-electron chi connectivity index (χ3n) is 5.73. The topological polar surface area (TPSA) is 85.4 Å². The SMILES string of the molecule is N#Cc1ccc(Cn2cncc2CN2CC(=O)N(c3cccc(O)c3)C[C@@H]2CCF)cc1. The Bertz CT molecular complexity index is 1120. The highest BCUT2D eigenvalue weighted by atomic mass is 19.1. The van der Waals surface area contributed by atoms with Gasteiger partial charge in [-0.2, -0.15) is 5.26 Å². The van der Waals surface area contributed by atoms with Gasteiger partial charge in [0.05, 0.1) is 36.9 Å². The first-order valence-corrected chi connectivity index (χ1v) is 10.4. The molecule has 0 radical (unpaired) electrons. The fourth-order valence-corrected chi connectivity index (χ4v) is 4.02. The first-order valence-electron chi connectivity index (χ1n) is 10.4. The van der Waals surface area contributed by atoms with Crippen LogP contribution in [0.1, 0.15) is 23.2 Å².